The first-order chi connectivity index (χ1) is 10.7. The van der Waals surface area contributed by atoms with Crippen LogP contribution < -0.4 is 0 Å². The van der Waals surface area contributed by atoms with E-state index in [1.54, 1.807) is 7.11 Å². The molecule has 0 bridgehead atoms. The summed E-state index contributed by atoms with van der Waals surface area (Å²) in [5.74, 6) is 0.354. The van der Waals surface area contributed by atoms with E-state index in [0.717, 1.165) is 52.0 Å². The predicted octanol–water partition coefficient (Wildman–Crippen LogP) is 1.80. The maximum absolute atomic E-state index is 12.4. The lowest BCUT2D eigenvalue weighted by atomic mass is 9.71. The van der Waals surface area contributed by atoms with Crippen LogP contribution in [0, 0.1) is 5.41 Å². The Balaban J connectivity index is 1.42. The molecular formula is C18H26N2O2. The van der Waals surface area contributed by atoms with E-state index in [4.69, 9.17) is 4.74 Å². The molecule has 0 aliphatic carbocycles. The molecule has 2 saturated heterocycles. The van der Waals surface area contributed by atoms with Crippen molar-refractivity contribution >= 4 is 5.91 Å². The van der Waals surface area contributed by atoms with E-state index < -0.39 is 0 Å². The number of benzene rings is 1. The Labute approximate surface area is 133 Å². The number of nitrogens with zero attached hydrogens (tertiary/aromatic N) is 2. The average molecular weight is 302 g/mol. The number of carbonyl (C=O) groups is 1. The maximum Gasteiger partial charge on any atom is 0.230 e. The van der Waals surface area contributed by atoms with Crippen LogP contribution in [0.2, 0.25) is 0 Å². The molecule has 2 aliphatic rings. The Bertz CT molecular complexity index is 495. The molecule has 1 aromatic rings. The number of hydrogen-bond acceptors (Lipinski definition) is 3. The van der Waals surface area contributed by atoms with Gasteiger partial charge in [-0.1, -0.05) is 30.3 Å². The molecule has 4 heteroatoms. The molecule has 120 valence electrons. The van der Waals surface area contributed by atoms with Crippen LogP contribution in [0.5, 0.6) is 0 Å². The normalized spacial score (nSPS) is 21.1. The number of carbonyl (C=O) groups excluding carboxylic acids is 1. The minimum atomic E-state index is -0.0447. The molecule has 0 atom stereocenters. The minimum Gasteiger partial charge on any atom is -0.383 e. The van der Waals surface area contributed by atoms with E-state index >= 15 is 0 Å². The second-order valence-electron chi connectivity index (χ2n) is 6.58. The van der Waals surface area contributed by atoms with Gasteiger partial charge in [-0.05, 0) is 37.9 Å². The molecule has 1 aromatic carbocycles. The molecule has 0 radical (unpaired) electrons. The van der Waals surface area contributed by atoms with Gasteiger partial charge in [0.05, 0.1) is 12.0 Å². The first-order valence-electron chi connectivity index (χ1n) is 8.28. The molecule has 4 nitrogen and oxygen atoms in total. The van der Waals surface area contributed by atoms with E-state index in [9.17, 15) is 4.79 Å². The van der Waals surface area contributed by atoms with Crippen LogP contribution in [-0.2, 0) is 16.0 Å². The number of ether oxygens (including phenoxy) is 1. The van der Waals surface area contributed by atoms with Crippen LogP contribution in [-0.4, -0.2) is 62.1 Å². The van der Waals surface area contributed by atoms with Crippen molar-refractivity contribution in [1.29, 1.82) is 0 Å². The molecule has 0 aromatic heterocycles. The highest BCUT2D eigenvalue weighted by Crippen LogP contribution is 2.41. The van der Waals surface area contributed by atoms with Gasteiger partial charge < -0.3 is 14.5 Å². The van der Waals surface area contributed by atoms with Gasteiger partial charge in [-0.25, -0.2) is 0 Å². The van der Waals surface area contributed by atoms with Crippen molar-refractivity contribution in [2.75, 3.05) is 46.4 Å². The van der Waals surface area contributed by atoms with Gasteiger partial charge in [-0.2, -0.15) is 0 Å². The topological polar surface area (TPSA) is 32.8 Å². The number of rotatable bonds is 6. The SMILES string of the molecule is COCCN1CC2(CCN(CCc3ccccc3)CC2)C1=O. The number of piperidine rings is 1. The summed E-state index contributed by atoms with van der Waals surface area (Å²) in [6, 6.07) is 10.6. The first-order valence-corrected chi connectivity index (χ1v) is 8.28. The fourth-order valence-electron chi connectivity index (χ4n) is 3.64. The zero-order chi connectivity index (χ0) is 15.4. The molecule has 2 heterocycles. The van der Waals surface area contributed by atoms with Crippen LogP contribution in [0.4, 0.5) is 0 Å². The Morgan fingerprint density at radius 1 is 1.14 bits per heavy atom. The minimum absolute atomic E-state index is 0.0447. The number of β-lactam (4-membered cyclic amide) rings is 1. The molecule has 3 rings (SSSR count). The smallest absolute Gasteiger partial charge is 0.230 e. The number of methoxy groups -OCH3 is 1. The summed E-state index contributed by atoms with van der Waals surface area (Å²) in [4.78, 5) is 16.8. The monoisotopic (exact) mass is 302 g/mol. The van der Waals surface area contributed by atoms with Gasteiger partial charge in [0.2, 0.25) is 5.91 Å². The molecule has 0 unspecified atom stereocenters. The maximum atomic E-state index is 12.4. The van der Waals surface area contributed by atoms with Crippen molar-refractivity contribution in [3.05, 3.63) is 35.9 Å². The lowest BCUT2D eigenvalue weighted by Gasteiger charge is -2.52. The molecule has 2 fully saturated rings. The third-order valence-corrected chi connectivity index (χ3v) is 5.17. The molecule has 22 heavy (non-hydrogen) atoms. The highest BCUT2D eigenvalue weighted by atomic mass is 16.5. The fraction of sp³-hybridized carbons (Fsp3) is 0.611. The van der Waals surface area contributed by atoms with E-state index in [0.29, 0.717) is 12.5 Å². The average Bonchev–Trinajstić information content (AvgIpc) is 2.58. The summed E-state index contributed by atoms with van der Waals surface area (Å²) in [7, 11) is 1.69. The van der Waals surface area contributed by atoms with Crippen molar-refractivity contribution in [3.63, 3.8) is 0 Å². The second kappa shape index (κ2) is 6.80. The van der Waals surface area contributed by atoms with Crippen molar-refractivity contribution in [2.24, 2.45) is 5.41 Å². The van der Waals surface area contributed by atoms with Gasteiger partial charge in [0.1, 0.15) is 0 Å². The molecule has 1 spiro atoms. The largest absolute Gasteiger partial charge is 0.383 e. The Morgan fingerprint density at radius 2 is 1.86 bits per heavy atom. The van der Waals surface area contributed by atoms with E-state index in [2.05, 4.69) is 35.2 Å². The standard InChI is InChI=1S/C18H26N2O2/c1-22-14-13-20-15-18(17(20)21)8-11-19(12-9-18)10-7-16-5-3-2-4-6-16/h2-6H,7-15H2,1H3. The third-order valence-electron chi connectivity index (χ3n) is 5.17. The van der Waals surface area contributed by atoms with Crippen molar-refractivity contribution < 1.29 is 9.53 Å². The molecule has 1 amide bonds. The summed E-state index contributed by atoms with van der Waals surface area (Å²) in [5.41, 5.74) is 1.35. The van der Waals surface area contributed by atoms with Crippen molar-refractivity contribution in [2.45, 2.75) is 19.3 Å². The number of amides is 1. The quantitative estimate of drug-likeness (QED) is 0.751. The predicted molar refractivity (Wildman–Crippen MR) is 86.7 cm³/mol. The number of hydrogen-bond donors (Lipinski definition) is 0. The van der Waals surface area contributed by atoms with E-state index in [1.807, 2.05) is 4.90 Å². The zero-order valence-electron chi connectivity index (χ0n) is 13.5. The third kappa shape index (κ3) is 3.18. The molecule has 2 aliphatic heterocycles. The van der Waals surface area contributed by atoms with Crippen molar-refractivity contribution in [1.82, 2.24) is 9.80 Å². The van der Waals surface area contributed by atoms with Crippen LogP contribution in [0.1, 0.15) is 18.4 Å². The lowest BCUT2D eigenvalue weighted by Crippen LogP contribution is -2.65. The van der Waals surface area contributed by atoms with Gasteiger partial charge in [0.25, 0.3) is 0 Å². The van der Waals surface area contributed by atoms with Crippen LogP contribution in [0.25, 0.3) is 0 Å². The first kappa shape index (κ1) is 15.5. The summed E-state index contributed by atoms with van der Waals surface area (Å²) in [6.45, 7) is 5.52. The van der Waals surface area contributed by atoms with Gasteiger partial charge in [0, 0.05) is 26.7 Å². The van der Waals surface area contributed by atoms with Crippen LogP contribution >= 0.6 is 0 Å². The van der Waals surface area contributed by atoms with Crippen molar-refractivity contribution in [3.8, 4) is 0 Å². The highest BCUT2D eigenvalue weighted by molar-refractivity contribution is 5.89. The van der Waals surface area contributed by atoms with Gasteiger partial charge in [-0.15, -0.1) is 0 Å². The van der Waals surface area contributed by atoms with E-state index in [1.165, 1.54) is 5.56 Å². The van der Waals surface area contributed by atoms with E-state index in [-0.39, 0.29) is 5.41 Å². The summed E-state index contributed by atoms with van der Waals surface area (Å²) in [5, 5.41) is 0. The van der Waals surface area contributed by atoms with Gasteiger partial charge in [0.15, 0.2) is 0 Å². The molecular weight excluding hydrogens is 276 g/mol. The Hall–Kier alpha value is -1.39. The molecule has 0 N–H and O–H groups in total. The highest BCUT2D eigenvalue weighted by Gasteiger charge is 2.52. The Kier molecular flexibility index (Phi) is 4.79. The van der Waals surface area contributed by atoms with Crippen LogP contribution in [0.3, 0.4) is 0 Å². The number of likely N-dealkylation sites (tertiary alicyclic amines) is 2. The Morgan fingerprint density at radius 3 is 2.50 bits per heavy atom. The fourth-order valence-corrected chi connectivity index (χ4v) is 3.64. The summed E-state index contributed by atoms with van der Waals surface area (Å²) in [6.07, 6.45) is 3.13. The van der Waals surface area contributed by atoms with Crippen LogP contribution in [0.15, 0.2) is 30.3 Å². The van der Waals surface area contributed by atoms with Gasteiger partial charge >= 0.3 is 0 Å². The lowest BCUT2D eigenvalue weighted by molar-refractivity contribution is -0.166. The summed E-state index contributed by atoms with van der Waals surface area (Å²) < 4.78 is 5.06. The summed E-state index contributed by atoms with van der Waals surface area (Å²) >= 11 is 0. The molecule has 0 saturated carbocycles. The zero-order valence-corrected chi connectivity index (χ0v) is 13.5. The van der Waals surface area contributed by atoms with Gasteiger partial charge in [-0.3, -0.25) is 4.79 Å². The second-order valence-corrected chi connectivity index (χ2v) is 6.58.